The molecule has 0 aliphatic carbocycles. The molecular formula is C15H18N4O3S. The first-order valence-electron chi connectivity index (χ1n) is 7.64. The topological polar surface area (TPSA) is 97.1 Å². The molecule has 3 rings (SSSR count). The zero-order valence-electron chi connectivity index (χ0n) is 12.6. The minimum Gasteiger partial charge on any atom is -0.354 e. The Morgan fingerprint density at radius 1 is 1.48 bits per heavy atom. The third kappa shape index (κ3) is 4.16. The Morgan fingerprint density at radius 2 is 2.39 bits per heavy atom. The van der Waals surface area contributed by atoms with Gasteiger partial charge in [0.25, 0.3) is 0 Å². The fourth-order valence-corrected chi connectivity index (χ4v) is 3.06. The third-order valence-electron chi connectivity index (χ3n) is 3.68. The Bertz CT molecular complexity index is 668. The fourth-order valence-electron chi connectivity index (χ4n) is 2.43. The van der Waals surface area contributed by atoms with E-state index in [4.69, 9.17) is 4.52 Å². The Labute approximate surface area is 137 Å². The van der Waals surface area contributed by atoms with Crippen molar-refractivity contribution in [1.82, 2.24) is 20.8 Å². The molecule has 8 heteroatoms. The predicted octanol–water partition coefficient (Wildman–Crippen LogP) is 1.52. The van der Waals surface area contributed by atoms with Gasteiger partial charge in [-0.15, -0.1) is 0 Å². The summed E-state index contributed by atoms with van der Waals surface area (Å²) in [6.45, 7) is 0.679. The smallest absolute Gasteiger partial charge is 0.242 e. The zero-order valence-corrected chi connectivity index (χ0v) is 13.4. The van der Waals surface area contributed by atoms with E-state index in [1.54, 1.807) is 11.3 Å². The van der Waals surface area contributed by atoms with Gasteiger partial charge in [-0.3, -0.25) is 9.59 Å². The van der Waals surface area contributed by atoms with Gasteiger partial charge in [0, 0.05) is 30.3 Å². The maximum atomic E-state index is 12.0. The molecule has 1 aliphatic rings. The van der Waals surface area contributed by atoms with E-state index in [1.165, 1.54) is 0 Å². The summed E-state index contributed by atoms with van der Waals surface area (Å²) in [5, 5.41) is 13.4. The van der Waals surface area contributed by atoms with E-state index in [2.05, 4.69) is 20.8 Å². The number of rotatable bonds is 5. The number of hydrogen-bond acceptors (Lipinski definition) is 6. The van der Waals surface area contributed by atoms with Crippen LogP contribution in [0.1, 0.15) is 31.6 Å². The molecule has 2 aromatic rings. The van der Waals surface area contributed by atoms with Crippen LogP contribution in [0.2, 0.25) is 0 Å². The van der Waals surface area contributed by atoms with Crippen molar-refractivity contribution in [2.75, 3.05) is 6.54 Å². The number of carbonyl (C=O) groups excluding carboxylic acids is 2. The Hall–Kier alpha value is -2.22. The molecule has 7 nitrogen and oxygen atoms in total. The summed E-state index contributed by atoms with van der Waals surface area (Å²) in [5.74, 6) is 0.673. The van der Waals surface area contributed by atoms with Gasteiger partial charge in [0.05, 0.1) is 0 Å². The quantitative estimate of drug-likeness (QED) is 0.864. The van der Waals surface area contributed by atoms with Gasteiger partial charge in [-0.1, -0.05) is 5.16 Å². The van der Waals surface area contributed by atoms with Crippen molar-refractivity contribution in [3.05, 3.63) is 22.7 Å². The molecule has 1 unspecified atom stereocenters. The van der Waals surface area contributed by atoms with Crippen molar-refractivity contribution >= 4 is 23.2 Å². The van der Waals surface area contributed by atoms with E-state index in [0.29, 0.717) is 31.1 Å². The Kier molecular flexibility index (Phi) is 5.02. The fraction of sp³-hybridized carbons (Fsp3) is 0.467. The number of nitrogens with zero attached hydrogens (tertiary/aromatic N) is 2. The van der Waals surface area contributed by atoms with Crippen LogP contribution in [-0.4, -0.2) is 34.5 Å². The van der Waals surface area contributed by atoms with Gasteiger partial charge in [0.1, 0.15) is 6.04 Å². The number of aromatic nitrogens is 2. The van der Waals surface area contributed by atoms with Crippen molar-refractivity contribution in [2.24, 2.45) is 0 Å². The van der Waals surface area contributed by atoms with E-state index in [1.807, 2.05) is 16.8 Å². The highest BCUT2D eigenvalue weighted by molar-refractivity contribution is 7.08. The molecule has 2 aromatic heterocycles. The van der Waals surface area contributed by atoms with Crippen LogP contribution in [0.4, 0.5) is 0 Å². The zero-order chi connectivity index (χ0) is 16.1. The number of amides is 2. The Balaban J connectivity index is 1.50. The first-order valence-corrected chi connectivity index (χ1v) is 8.59. The van der Waals surface area contributed by atoms with Gasteiger partial charge < -0.3 is 15.2 Å². The minimum atomic E-state index is -0.436. The lowest BCUT2D eigenvalue weighted by molar-refractivity contribution is -0.128. The molecule has 0 radical (unpaired) electrons. The second-order valence-corrected chi connectivity index (χ2v) is 6.21. The number of nitrogens with one attached hydrogen (secondary N) is 2. The van der Waals surface area contributed by atoms with Crippen LogP contribution in [0.5, 0.6) is 0 Å². The highest BCUT2D eigenvalue weighted by Gasteiger charge is 2.22. The molecule has 1 saturated heterocycles. The van der Waals surface area contributed by atoms with E-state index in [9.17, 15) is 9.59 Å². The Morgan fingerprint density at radius 3 is 3.22 bits per heavy atom. The van der Waals surface area contributed by atoms with Crippen molar-refractivity contribution in [3.8, 4) is 11.4 Å². The van der Waals surface area contributed by atoms with Gasteiger partial charge in [-0.25, -0.2) is 0 Å². The van der Waals surface area contributed by atoms with Crippen LogP contribution in [-0.2, 0) is 16.0 Å². The van der Waals surface area contributed by atoms with Crippen LogP contribution < -0.4 is 10.6 Å². The molecule has 0 spiro atoms. The van der Waals surface area contributed by atoms with Gasteiger partial charge >= 0.3 is 0 Å². The number of hydrogen-bond donors (Lipinski definition) is 2. The number of carbonyl (C=O) groups is 2. The molecule has 3 heterocycles. The average molecular weight is 334 g/mol. The molecule has 23 heavy (non-hydrogen) atoms. The normalized spacial score (nSPS) is 18.3. The molecule has 1 fully saturated rings. The van der Waals surface area contributed by atoms with E-state index >= 15 is 0 Å². The highest BCUT2D eigenvalue weighted by atomic mass is 32.1. The van der Waals surface area contributed by atoms with Crippen LogP contribution in [0.3, 0.4) is 0 Å². The molecule has 122 valence electrons. The lowest BCUT2D eigenvalue weighted by Crippen LogP contribution is -2.45. The maximum Gasteiger partial charge on any atom is 0.242 e. The molecule has 0 saturated carbocycles. The van der Waals surface area contributed by atoms with Crippen molar-refractivity contribution in [3.63, 3.8) is 0 Å². The summed E-state index contributed by atoms with van der Waals surface area (Å²) in [4.78, 5) is 28.1. The van der Waals surface area contributed by atoms with Gasteiger partial charge in [-0.05, 0) is 30.7 Å². The monoisotopic (exact) mass is 334 g/mol. The van der Waals surface area contributed by atoms with Crippen LogP contribution in [0.15, 0.2) is 21.3 Å². The summed E-state index contributed by atoms with van der Waals surface area (Å²) < 4.78 is 5.15. The first-order chi connectivity index (χ1) is 11.2. The first kappa shape index (κ1) is 15.7. The molecular weight excluding hydrogens is 316 g/mol. The standard InChI is InChI=1S/C15H18N4O3S/c20-12(17-11-3-1-2-7-16-15(11)21)4-5-13-18-14(19-22-13)10-6-8-23-9-10/h6,8-9,11H,1-5,7H2,(H,16,21)(H,17,20). The van der Waals surface area contributed by atoms with Crippen LogP contribution >= 0.6 is 11.3 Å². The molecule has 2 N–H and O–H groups in total. The lowest BCUT2D eigenvalue weighted by atomic mass is 10.1. The SMILES string of the molecule is O=C(CCc1nc(-c2ccsc2)no1)NC1CCCCNC1=O. The minimum absolute atomic E-state index is 0.103. The molecule has 0 aromatic carbocycles. The number of thiophene rings is 1. The summed E-state index contributed by atoms with van der Waals surface area (Å²) >= 11 is 1.56. The third-order valence-corrected chi connectivity index (χ3v) is 4.37. The van der Waals surface area contributed by atoms with E-state index in [-0.39, 0.29) is 18.2 Å². The summed E-state index contributed by atoms with van der Waals surface area (Å²) in [6, 6.07) is 1.48. The van der Waals surface area contributed by atoms with Crippen LogP contribution in [0.25, 0.3) is 11.4 Å². The van der Waals surface area contributed by atoms with E-state index in [0.717, 1.165) is 18.4 Å². The summed E-state index contributed by atoms with van der Waals surface area (Å²) in [5.41, 5.74) is 0.907. The van der Waals surface area contributed by atoms with E-state index < -0.39 is 6.04 Å². The molecule has 2 amide bonds. The van der Waals surface area contributed by atoms with Crippen LogP contribution in [0, 0.1) is 0 Å². The van der Waals surface area contributed by atoms with Gasteiger partial charge in [0.2, 0.25) is 23.5 Å². The van der Waals surface area contributed by atoms with Crippen molar-refractivity contribution in [2.45, 2.75) is 38.1 Å². The molecule has 1 atom stereocenters. The largest absolute Gasteiger partial charge is 0.354 e. The summed E-state index contributed by atoms with van der Waals surface area (Å²) in [6.07, 6.45) is 3.13. The maximum absolute atomic E-state index is 12.0. The predicted molar refractivity (Wildman–Crippen MR) is 84.7 cm³/mol. The van der Waals surface area contributed by atoms with Crippen molar-refractivity contribution in [1.29, 1.82) is 0 Å². The highest BCUT2D eigenvalue weighted by Crippen LogP contribution is 2.19. The number of aryl methyl sites for hydroxylation is 1. The molecule has 0 bridgehead atoms. The average Bonchev–Trinajstić information content (AvgIpc) is 3.18. The van der Waals surface area contributed by atoms with Gasteiger partial charge in [0.15, 0.2) is 0 Å². The second kappa shape index (κ2) is 7.36. The van der Waals surface area contributed by atoms with Crippen molar-refractivity contribution < 1.29 is 14.1 Å². The van der Waals surface area contributed by atoms with Gasteiger partial charge in [-0.2, -0.15) is 16.3 Å². The summed E-state index contributed by atoms with van der Waals surface area (Å²) in [7, 11) is 0. The lowest BCUT2D eigenvalue weighted by Gasteiger charge is -2.14. The second-order valence-electron chi connectivity index (χ2n) is 5.43. The molecule has 1 aliphatic heterocycles.